The molecule has 17 heavy (non-hydrogen) atoms. The van der Waals surface area contributed by atoms with Crippen molar-refractivity contribution in [3.63, 3.8) is 0 Å². The molecule has 0 aliphatic heterocycles. The summed E-state index contributed by atoms with van der Waals surface area (Å²) < 4.78 is 0. The zero-order valence-corrected chi connectivity index (χ0v) is 11.7. The quantitative estimate of drug-likeness (QED) is 0.819. The summed E-state index contributed by atoms with van der Waals surface area (Å²) >= 11 is 0. The molecule has 2 N–H and O–H groups in total. The zero-order chi connectivity index (χ0) is 12.9. The highest BCUT2D eigenvalue weighted by Gasteiger charge is 2.23. The van der Waals surface area contributed by atoms with Crippen molar-refractivity contribution in [2.75, 3.05) is 24.5 Å². The third-order valence-electron chi connectivity index (χ3n) is 3.67. The average Bonchev–Trinajstić information content (AvgIpc) is 2.35. The SMILES string of the molecule is CCN(CC(C)(CC)CN)c1cccc(C)c1. The summed E-state index contributed by atoms with van der Waals surface area (Å²) in [6, 6.07) is 8.69. The molecule has 0 heterocycles. The molecule has 2 nitrogen and oxygen atoms in total. The van der Waals surface area contributed by atoms with E-state index in [1.165, 1.54) is 11.3 Å². The van der Waals surface area contributed by atoms with Crippen LogP contribution in [0.15, 0.2) is 24.3 Å². The first kappa shape index (κ1) is 14.0. The van der Waals surface area contributed by atoms with Crippen molar-refractivity contribution in [2.45, 2.75) is 34.1 Å². The average molecular weight is 234 g/mol. The minimum absolute atomic E-state index is 0.208. The van der Waals surface area contributed by atoms with Crippen LogP contribution in [-0.4, -0.2) is 19.6 Å². The van der Waals surface area contributed by atoms with E-state index in [-0.39, 0.29) is 5.41 Å². The number of nitrogens with zero attached hydrogens (tertiary/aromatic N) is 1. The number of nitrogens with two attached hydrogens (primary N) is 1. The van der Waals surface area contributed by atoms with Crippen molar-refractivity contribution < 1.29 is 0 Å². The third-order valence-corrected chi connectivity index (χ3v) is 3.67. The van der Waals surface area contributed by atoms with E-state index in [0.717, 1.165) is 26.1 Å². The summed E-state index contributed by atoms with van der Waals surface area (Å²) in [5.74, 6) is 0. The van der Waals surface area contributed by atoms with Gasteiger partial charge in [-0.25, -0.2) is 0 Å². The number of anilines is 1. The summed E-state index contributed by atoms with van der Waals surface area (Å²) in [5, 5.41) is 0. The van der Waals surface area contributed by atoms with Crippen LogP contribution in [0.2, 0.25) is 0 Å². The predicted molar refractivity (Wildman–Crippen MR) is 76.5 cm³/mol. The van der Waals surface area contributed by atoms with Crippen LogP contribution in [0.4, 0.5) is 5.69 Å². The molecule has 1 atom stereocenters. The Balaban J connectivity index is 2.85. The second-order valence-electron chi connectivity index (χ2n) is 5.22. The summed E-state index contributed by atoms with van der Waals surface area (Å²) in [5.41, 5.74) is 8.73. The summed E-state index contributed by atoms with van der Waals surface area (Å²) in [6.45, 7) is 11.6. The van der Waals surface area contributed by atoms with Crippen molar-refractivity contribution in [3.05, 3.63) is 29.8 Å². The minimum atomic E-state index is 0.208. The van der Waals surface area contributed by atoms with Gasteiger partial charge >= 0.3 is 0 Å². The molecule has 0 radical (unpaired) electrons. The molecule has 0 aliphatic carbocycles. The highest BCUT2D eigenvalue weighted by Crippen LogP contribution is 2.25. The molecule has 0 aromatic heterocycles. The van der Waals surface area contributed by atoms with E-state index >= 15 is 0 Å². The van der Waals surface area contributed by atoms with Gasteiger partial charge in [0, 0.05) is 18.8 Å². The molecule has 96 valence electrons. The van der Waals surface area contributed by atoms with Gasteiger partial charge in [-0.2, -0.15) is 0 Å². The Labute approximate surface area is 106 Å². The number of aryl methyl sites for hydroxylation is 1. The Morgan fingerprint density at radius 1 is 1.29 bits per heavy atom. The van der Waals surface area contributed by atoms with Crippen LogP contribution < -0.4 is 10.6 Å². The number of hydrogen-bond acceptors (Lipinski definition) is 2. The lowest BCUT2D eigenvalue weighted by atomic mass is 9.87. The predicted octanol–water partition coefficient (Wildman–Crippen LogP) is 3.20. The van der Waals surface area contributed by atoms with Crippen molar-refractivity contribution in [1.82, 2.24) is 0 Å². The Hall–Kier alpha value is -1.02. The van der Waals surface area contributed by atoms with Gasteiger partial charge in [-0.3, -0.25) is 0 Å². The van der Waals surface area contributed by atoms with Crippen LogP contribution in [0.3, 0.4) is 0 Å². The number of rotatable bonds is 6. The maximum absolute atomic E-state index is 5.90. The first-order chi connectivity index (χ1) is 8.04. The molecule has 0 amide bonds. The molecule has 2 heteroatoms. The van der Waals surface area contributed by atoms with Gasteiger partial charge in [-0.1, -0.05) is 26.0 Å². The summed E-state index contributed by atoms with van der Waals surface area (Å²) in [6.07, 6.45) is 1.12. The van der Waals surface area contributed by atoms with Gasteiger partial charge in [0.25, 0.3) is 0 Å². The molecule has 0 aliphatic rings. The van der Waals surface area contributed by atoms with Gasteiger partial charge in [0.1, 0.15) is 0 Å². The maximum Gasteiger partial charge on any atom is 0.0368 e. The molecule has 0 fully saturated rings. The topological polar surface area (TPSA) is 29.3 Å². The molecule has 0 saturated carbocycles. The monoisotopic (exact) mass is 234 g/mol. The molecule has 0 saturated heterocycles. The van der Waals surface area contributed by atoms with Gasteiger partial charge < -0.3 is 10.6 Å². The molecule has 0 bridgehead atoms. The lowest BCUT2D eigenvalue weighted by Gasteiger charge is -2.35. The number of benzene rings is 1. The van der Waals surface area contributed by atoms with Gasteiger partial charge in [0.2, 0.25) is 0 Å². The van der Waals surface area contributed by atoms with E-state index in [1.807, 2.05) is 0 Å². The van der Waals surface area contributed by atoms with Gasteiger partial charge in [-0.05, 0) is 49.9 Å². The molecular formula is C15H26N2. The maximum atomic E-state index is 5.90. The van der Waals surface area contributed by atoms with Crippen molar-refractivity contribution in [2.24, 2.45) is 11.1 Å². The van der Waals surface area contributed by atoms with Gasteiger partial charge in [-0.15, -0.1) is 0 Å². The minimum Gasteiger partial charge on any atom is -0.371 e. The molecule has 0 spiro atoms. The largest absolute Gasteiger partial charge is 0.371 e. The first-order valence-corrected chi connectivity index (χ1v) is 6.56. The van der Waals surface area contributed by atoms with Crippen LogP contribution in [0.5, 0.6) is 0 Å². The standard InChI is InChI=1S/C15H26N2/c1-5-15(4,11-16)12-17(6-2)14-9-7-8-13(3)10-14/h7-10H,5-6,11-12,16H2,1-4H3. The van der Waals surface area contributed by atoms with Crippen LogP contribution in [-0.2, 0) is 0 Å². The van der Waals surface area contributed by atoms with E-state index in [4.69, 9.17) is 5.73 Å². The fraction of sp³-hybridized carbons (Fsp3) is 0.600. The molecule has 1 unspecified atom stereocenters. The molecule has 1 aromatic rings. The Bertz CT molecular complexity index is 343. The lowest BCUT2D eigenvalue weighted by molar-refractivity contribution is 0.326. The smallest absolute Gasteiger partial charge is 0.0368 e. The van der Waals surface area contributed by atoms with E-state index in [2.05, 4.69) is 56.9 Å². The molecule has 1 rings (SSSR count). The van der Waals surface area contributed by atoms with Crippen LogP contribution in [0.25, 0.3) is 0 Å². The highest BCUT2D eigenvalue weighted by molar-refractivity contribution is 5.48. The van der Waals surface area contributed by atoms with Crippen molar-refractivity contribution in [3.8, 4) is 0 Å². The van der Waals surface area contributed by atoms with Crippen molar-refractivity contribution >= 4 is 5.69 Å². The second-order valence-corrected chi connectivity index (χ2v) is 5.22. The Morgan fingerprint density at radius 2 is 2.00 bits per heavy atom. The normalized spacial score (nSPS) is 14.4. The van der Waals surface area contributed by atoms with E-state index in [9.17, 15) is 0 Å². The zero-order valence-electron chi connectivity index (χ0n) is 11.7. The summed E-state index contributed by atoms with van der Waals surface area (Å²) in [7, 11) is 0. The third kappa shape index (κ3) is 3.74. The molecular weight excluding hydrogens is 208 g/mol. The lowest BCUT2D eigenvalue weighted by Crippen LogP contribution is -2.40. The van der Waals surface area contributed by atoms with Crippen LogP contribution in [0, 0.1) is 12.3 Å². The fourth-order valence-corrected chi connectivity index (χ4v) is 1.99. The van der Waals surface area contributed by atoms with Crippen LogP contribution >= 0.6 is 0 Å². The summed E-state index contributed by atoms with van der Waals surface area (Å²) in [4.78, 5) is 2.42. The van der Waals surface area contributed by atoms with Crippen molar-refractivity contribution in [1.29, 1.82) is 0 Å². The number of hydrogen-bond donors (Lipinski definition) is 1. The Kier molecular flexibility index (Phi) is 5.01. The fourth-order valence-electron chi connectivity index (χ4n) is 1.99. The first-order valence-electron chi connectivity index (χ1n) is 6.56. The van der Waals surface area contributed by atoms with E-state index in [0.29, 0.717) is 0 Å². The van der Waals surface area contributed by atoms with Gasteiger partial charge in [0.15, 0.2) is 0 Å². The Morgan fingerprint density at radius 3 is 2.47 bits per heavy atom. The molecule has 1 aromatic carbocycles. The van der Waals surface area contributed by atoms with Crippen LogP contribution in [0.1, 0.15) is 32.8 Å². The van der Waals surface area contributed by atoms with Gasteiger partial charge in [0.05, 0.1) is 0 Å². The highest BCUT2D eigenvalue weighted by atomic mass is 15.1. The van der Waals surface area contributed by atoms with E-state index in [1.54, 1.807) is 0 Å². The second kappa shape index (κ2) is 6.06. The van der Waals surface area contributed by atoms with E-state index < -0.39 is 0 Å².